The van der Waals surface area contributed by atoms with Crippen LogP contribution in [-0.2, 0) is 4.79 Å². The summed E-state index contributed by atoms with van der Waals surface area (Å²) in [5.41, 5.74) is 0. The van der Waals surface area contributed by atoms with Crippen molar-refractivity contribution in [1.82, 2.24) is 15.3 Å². The summed E-state index contributed by atoms with van der Waals surface area (Å²) in [5.74, 6) is 1.35. The fourth-order valence-corrected chi connectivity index (χ4v) is 2.24. The third kappa shape index (κ3) is 2.66. The van der Waals surface area contributed by atoms with Crippen molar-refractivity contribution in [3.63, 3.8) is 0 Å². The number of hydrogen-bond donors (Lipinski definition) is 3. The molecule has 0 aromatic carbocycles. The molecule has 1 aliphatic heterocycles. The number of aromatic nitrogens is 2. The molecule has 1 aromatic heterocycles. The highest BCUT2D eigenvalue weighted by atomic mass is 79.9. The maximum Gasteiger partial charge on any atom is 0.242 e. The lowest BCUT2D eigenvalue weighted by atomic mass is 10.1. The zero-order valence-corrected chi connectivity index (χ0v) is 11.0. The van der Waals surface area contributed by atoms with Gasteiger partial charge in [0.05, 0.1) is 0 Å². The van der Waals surface area contributed by atoms with E-state index in [9.17, 15) is 4.79 Å². The molecule has 1 amide bonds. The van der Waals surface area contributed by atoms with Gasteiger partial charge in [0.1, 0.15) is 28.5 Å². The molecule has 1 fully saturated rings. The van der Waals surface area contributed by atoms with E-state index in [1.165, 1.54) is 6.33 Å². The molecule has 0 spiro atoms. The maximum atomic E-state index is 11.6. The van der Waals surface area contributed by atoms with Crippen molar-refractivity contribution in [2.24, 2.45) is 0 Å². The number of rotatable bonds is 3. The van der Waals surface area contributed by atoms with E-state index in [0.717, 1.165) is 23.9 Å². The Balaban J connectivity index is 2.15. The van der Waals surface area contributed by atoms with Gasteiger partial charge in [0.25, 0.3) is 0 Å². The van der Waals surface area contributed by atoms with E-state index in [1.54, 1.807) is 7.05 Å². The molecular formula is C10H14BrN5O. The fourth-order valence-electron chi connectivity index (χ4n) is 1.72. The number of hydrogen-bond acceptors (Lipinski definition) is 5. The van der Waals surface area contributed by atoms with Crippen LogP contribution in [-0.4, -0.2) is 35.5 Å². The van der Waals surface area contributed by atoms with E-state index in [4.69, 9.17) is 0 Å². The van der Waals surface area contributed by atoms with Crippen molar-refractivity contribution in [2.45, 2.75) is 18.9 Å². The number of halogens is 1. The first-order valence-electron chi connectivity index (χ1n) is 5.45. The fraction of sp³-hybridized carbons (Fsp3) is 0.500. The number of carbonyl (C=O) groups excluding carboxylic acids is 1. The minimum Gasteiger partial charge on any atom is -0.372 e. The summed E-state index contributed by atoms with van der Waals surface area (Å²) in [7, 11) is 1.78. The van der Waals surface area contributed by atoms with Crippen LogP contribution in [0, 0.1) is 0 Å². The molecule has 1 saturated heterocycles. The molecule has 92 valence electrons. The van der Waals surface area contributed by atoms with Crippen molar-refractivity contribution in [1.29, 1.82) is 0 Å². The second kappa shape index (κ2) is 5.31. The molecule has 1 atom stereocenters. The molecule has 1 aromatic rings. The lowest BCUT2D eigenvalue weighted by Crippen LogP contribution is -2.44. The molecule has 7 heteroatoms. The molecule has 17 heavy (non-hydrogen) atoms. The van der Waals surface area contributed by atoms with Crippen molar-refractivity contribution < 1.29 is 4.79 Å². The number of nitrogens with one attached hydrogen (secondary N) is 3. The minimum absolute atomic E-state index is 0.0211. The summed E-state index contributed by atoms with van der Waals surface area (Å²) in [6.45, 7) is 0.754. The molecule has 3 N–H and O–H groups in total. The van der Waals surface area contributed by atoms with Crippen LogP contribution in [0.2, 0.25) is 0 Å². The predicted octanol–water partition coefficient (Wildman–Crippen LogP) is 0.971. The average Bonchev–Trinajstić information content (AvgIpc) is 2.34. The van der Waals surface area contributed by atoms with E-state index < -0.39 is 0 Å². The van der Waals surface area contributed by atoms with Gasteiger partial charge in [0, 0.05) is 13.6 Å². The quantitative estimate of drug-likeness (QED) is 0.775. The molecule has 0 aliphatic carbocycles. The van der Waals surface area contributed by atoms with Gasteiger partial charge in [-0.25, -0.2) is 9.97 Å². The molecule has 6 nitrogen and oxygen atoms in total. The van der Waals surface area contributed by atoms with Crippen LogP contribution in [0.1, 0.15) is 12.8 Å². The van der Waals surface area contributed by atoms with Crippen LogP contribution in [0.5, 0.6) is 0 Å². The third-order valence-electron chi connectivity index (χ3n) is 2.62. The molecule has 2 heterocycles. The van der Waals surface area contributed by atoms with Gasteiger partial charge in [-0.05, 0) is 28.8 Å². The summed E-state index contributed by atoms with van der Waals surface area (Å²) in [6.07, 6.45) is 3.25. The number of piperidine rings is 1. The molecule has 1 unspecified atom stereocenters. The Bertz CT molecular complexity index is 425. The van der Waals surface area contributed by atoms with E-state index in [2.05, 4.69) is 41.8 Å². The Morgan fingerprint density at radius 3 is 2.94 bits per heavy atom. The number of anilines is 2. The molecule has 0 bridgehead atoms. The van der Waals surface area contributed by atoms with Crippen molar-refractivity contribution >= 4 is 33.5 Å². The first-order valence-corrected chi connectivity index (χ1v) is 6.24. The SMILES string of the molecule is CNc1ncnc(NC2CCCNC2=O)c1Br. The third-order valence-corrected chi connectivity index (χ3v) is 3.37. The van der Waals surface area contributed by atoms with Gasteiger partial charge in [0.15, 0.2) is 0 Å². The number of carbonyl (C=O) groups is 1. The Hall–Kier alpha value is -1.37. The Labute approximate surface area is 108 Å². The first-order chi connectivity index (χ1) is 8.22. The average molecular weight is 300 g/mol. The summed E-state index contributed by atoms with van der Waals surface area (Å²) in [5, 5.41) is 8.89. The largest absolute Gasteiger partial charge is 0.372 e. The minimum atomic E-state index is -0.223. The van der Waals surface area contributed by atoms with Crippen molar-refractivity contribution in [3.05, 3.63) is 10.8 Å². The van der Waals surface area contributed by atoms with E-state index >= 15 is 0 Å². The molecule has 0 saturated carbocycles. The second-order valence-electron chi connectivity index (χ2n) is 3.77. The molecule has 2 rings (SSSR count). The predicted molar refractivity (Wildman–Crippen MR) is 68.9 cm³/mol. The van der Waals surface area contributed by atoms with Gasteiger partial charge in [-0.2, -0.15) is 0 Å². The summed E-state index contributed by atoms with van der Waals surface area (Å²) < 4.78 is 0.737. The summed E-state index contributed by atoms with van der Waals surface area (Å²) in [4.78, 5) is 19.8. The molecular weight excluding hydrogens is 286 g/mol. The van der Waals surface area contributed by atoms with Crippen LogP contribution in [0.25, 0.3) is 0 Å². The van der Waals surface area contributed by atoms with Crippen LogP contribution in [0.4, 0.5) is 11.6 Å². The topological polar surface area (TPSA) is 78.9 Å². The van der Waals surface area contributed by atoms with Gasteiger partial charge in [-0.15, -0.1) is 0 Å². The van der Waals surface area contributed by atoms with Gasteiger partial charge in [0.2, 0.25) is 5.91 Å². The van der Waals surface area contributed by atoms with E-state index in [1.807, 2.05) is 0 Å². The highest BCUT2D eigenvalue weighted by Gasteiger charge is 2.23. The standard InChI is InChI=1S/C10H14BrN5O/c1-12-8-7(11)9(15-5-14-8)16-6-3-2-4-13-10(6)17/h5-6H,2-4H2,1H3,(H,13,17)(H2,12,14,15,16). The van der Waals surface area contributed by atoms with Gasteiger partial charge in [-0.1, -0.05) is 0 Å². The number of amides is 1. The zero-order chi connectivity index (χ0) is 12.3. The Morgan fingerprint density at radius 2 is 2.24 bits per heavy atom. The van der Waals surface area contributed by atoms with Gasteiger partial charge < -0.3 is 16.0 Å². The van der Waals surface area contributed by atoms with Crippen molar-refractivity contribution in [3.8, 4) is 0 Å². The van der Waals surface area contributed by atoms with Gasteiger partial charge >= 0.3 is 0 Å². The second-order valence-corrected chi connectivity index (χ2v) is 4.56. The monoisotopic (exact) mass is 299 g/mol. The first kappa shape index (κ1) is 12.1. The summed E-state index contributed by atoms with van der Waals surface area (Å²) in [6, 6.07) is -0.223. The molecule has 0 radical (unpaired) electrons. The highest BCUT2D eigenvalue weighted by Crippen LogP contribution is 2.27. The van der Waals surface area contributed by atoms with Crippen LogP contribution >= 0.6 is 15.9 Å². The van der Waals surface area contributed by atoms with Gasteiger partial charge in [-0.3, -0.25) is 4.79 Å². The van der Waals surface area contributed by atoms with Crippen molar-refractivity contribution in [2.75, 3.05) is 24.2 Å². The Morgan fingerprint density at radius 1 is 1.47 bits per heavy atom. The Kier molecular flexibility index (Phi) is 3.78. The number of nitrogens with zero attached hydrogens (tertiary/aromatic N) is 2. The highest BCUT2D eigenvalue weighted by molar-refractivity contribution is 9.10. The van der Waals surface area contributed by atoms with E-state index in [0.29, 0.717) is 11.6 Å². The van der Waals surface area contributed by atoms with Crippen LogP contribution < -0.4 is 16.0 Å². The smallest absolute Gasteiger partial charge is 0.242 e. The molecule has 1 aliphatic rings. The van der Waals surface area contributed by atoms with Crippen LogP contribution in [0.3, 0.4) is 0 Å². The summed E-state index contributed by atoms with van der Waals surface area (Å²) >= 11 is 3.41. The zero-order valence-electron chi connectivity index (χ0n) is 9.46. The lowest BCUT2D eigenvalue weighted by molar-refractivity contribution is -0.123. The van der Waals surface area contributed by atoms with Crippen LogP contribution in [0.15, 0.2) is 10.8 Å². The van der Waals surface area contributed by atoms with E-state index in [-0.39, 0.29) is 11.9 Å². The maximum absolute atomic E-state index is 11.6. The lowest BCUT2D eigenvalue weighted by Gasteiger charge is -2.23. The normalized spacial score (nSPS) is 19.6.